The summed E-state index contributed by atoms with van der Waals surface area (Å²) in [6.07, 6.45) is 2.48. The lowest BCUT2D eigenvalue weighted by Gasteiger charge is -2.26. The molecule has 0 saturated carbocycles. The number of fused-ring (bicyclic) bond motifs is 2. The van der Waals surface area contributed by atoms with E-state index in [9.17, 15) is 8.78 Å². The van der Waals surface area contributed by atoms with E-state index < -0.39 is 11.6 Å². The van der Waals surface area contributed by atoms with Crippen LogP contribution in [0.15, 0.2) is 24.3 Å². The third-order valence-electron chi connectivity index (χ3n) is 5.30. The Morgan fingerprint density at radius 3 is 2.79 bits per heavy atom. The predicted octanol–water partition coefficient (Wildman–Crippen LogP) is 3.90. The number of hydrogen-bond donors (Lipinski definition) is 0. The molecule has 0 spiro atoms. The molecule has 3 aromatic rings. The number of pyridine rings is 1. The lowest BCUT2D eigenvalue weighted by atomic mass is 10.1. The predicted molar refractivity (Wildman–Crippen MR) is 100 cm³/mol. The van der Waals surface area contributed by atoms with E-state index >= 15 is 0 Å². The maximum absolute atomic E-state index is 14.0. The van der Waals surface area contributed by atoms with Crippen molar-refractivity contribution in [1.29, 1.82) is 0 Å². The van der Waals surface area contributed by atoms with Crippen LogP contribution in [0.25, 0.3) is 22.3 Å². The molecule has 0 radical (unpaired) electrons. The minimum absolute atomic E-state index is 0.293. The van der Waals surface area contributed by atoms with Crippen molar-refractivity contribution in [3.63, 3.8) is 0 Å². The number of benzene rings is 1. The summed E-state index contributed by atoms with van der Waals surface area (Å²) in [6.45, 7) is 1.96. The molecule has 1 fully saturated rings. The third-order valence-corrected chi connectivity index (χ3v) is 5.30. The average Bonchev–Trinajstić information content (AvgIpc) is 3.07. The van der Waals surface area contributed by atoms with Crippen molar-refractivity contribution in [2.24, 2.45) is 0 Å². The highest BCUT2D eigenvalue weighted by atomic mass is 19.2. The summed E-state index contributed by atoms with van der Waals surface area (Å²) in [5.41, 5.74) is 1.59. The van der Waals surface area contributed by atoms with E-state index in [0.29, 0.717) is 47.1 Å². The number of halogens is 2. The maximum atomic E-state index is 14.0. The highest BCUT2D eigenvalue weighted by Crippen LogP contribution is 2.36. The summed E-state index contributed by atoms with van der Waals surface area (Å²) in [5, 5.41) is 5.19. The smallest absolute Gasteiger partial charge is 0.171 e. The van der Waals surface area contributed by atoms with E-state index in [1.165, 1.54) is 12.1 Å². The highest BCUT2D eigenvalue weighted by Gasteiger charge is 2.25. The molecule has 6 nitrogen and oxygen atoms in total. The molecular formula is C20H20F2N4O2. The van der Waals surface area contributed by atoms with E-state index in [1.54, 1.807) is 10.7 Å². The van der Waals surface area contributed by atoms with E-state index in [1.807, 2.05) is 18.0 Å². The largest absolute Gasteiger partial charge is 0.488 e. The SMILES string of the molecule is CN1CCOc2ccc(-c3nn(C4CCCCO4)c4cc(F)c(F)cc34)nc21. The van der Waals surface area contributed by atoms with Gasteiger partial charge in [0.05, 0.1) is 17.8 Å². The number of likely N-dealkylation sites (N-methyl/N-ethyl adjacent to an activating group) is 1. The Labute approximate surface area is 160 Å². The molecule has 0 aliphatic carbocycles. The molecule has 8 heteroatoms. The molecule has 0 amide bonds. The van der Waals surface area contributed by atoms with Gasteiger partial charge in [0, 0.05) is 25.1 Å². The zero-order valence-corrected chi connectivity index (χ0v) is 15.5. The first-order valence-electron chi connectivity index (χ1n) is 9.46. The van der Waals surface area contributed by atoms with Crippen molar-refractivity contribution in [2.75, 3.05) is 31.7 Å². The van der Waals surface area contributed by atoms with Gasteiger partial charge in [-0.25, -0.2) is 18.4 Å². The molecule has 28 heavy (non-hydrogen) atoms. The topological polar surface area (TPSA) is 52.4 Å². The molecule has 1 saturated heterocycles. The fourth-order valence-electron chi connectivity index (χ4n) is 3.81. The van der Waals surface area contributed by atoms with Gasteiger partial charge >= 0.3 is 0 Å². The minimum atomic E-state index is -0.906. The summed E-state index contributed by atoms with van der Waals surface area (Å²) >= 11 is 0. The molecule has 1 atom stereocenters. The number of anilines is 1. The Kier molecular flexibility index (Phi) is 4.16. The van der Waals surface area contributed by atoms with Crippen LogP contribution in [0.1, 0.15) is 25.5 Å². The first-order chi connectivity index (χ1) is 13.6. The molecule has 0 bridgehead atoms. The monoisotopic (exact) mass is 386 g/mol. The van der Waals surface area contributed by atoms with E-state index in [4.69, 9.17) is 14.5 Å². The van der Waals surface area contributed by atoms with Crippen molar-refractivity contribution in [3.8, 4) is 17.1 Å². The Morgan fingerprint density at radius 1 is 1.11 bits per heavy atom. The van der Waals surface area contributed by atoms with Crippen LogP contribution in [0.5, 0.6) is 5.75 Å². The van der Waals surface area contributed by atoms with Crippen LogP contribution in [-0.4, -0.2) is 41.6 Å². The van der Waals surface area contributed by atoms with Gasteiger partial charge in [-0.05, 0) is 37.5 Å². The van der Waals surface area contributed by atoms with Gasteiger partial charge in [-0.15, -0.1) is 0 Å². The molecule has 2 aromatic heterocycles. The number of rotatable bonds is 2. The molecule has 1 aromatic carbocycles. The van der Waals surface area contributed by atoms with Crippen LogP contribution >= 0.6 is 0 Å². The molecule has 2 aliphatic heterocycles. The van der Waals surface area contributed by atoms with Gasteiger partial charge < -0.3 is 14.4 Å². The summed E-state index contributed by atoms with van der Waals surface area (Å²) < 4.78 is 41.2. The molecule has 2 aliphatic rings. The van der Waals surface area contributed by atoms with E-state index in [0.717, 1.165) is 25.8 Å². The van der Waals surface area contributed by atoms with E-state index in [2.05, 4.69) is 5.10 Å². The molecular weight excluding hydrogens is 366 g/mol. The maximum Gasteiger partial charge on any atom is 0.171 e. The Morgan fingerprint density at radius 2 is 1.96 bits per heavy atom. The van der Waals surface area contributed by atoms with Crippen LogP contribution in [0.3, 0.4) is 0 Å². The fourth-order valence-corrected chi connectivity index (χ4v) is 3.81. The molecule has 1 unspecified atom stereocenters. The van der Waals surface area contributed by atoms with Crippen molar-refractivity contribution in [3.05, 3.63) is 35.9 Å². The van der Waals surface area contributed by atoms with Gasteiger partial charge in [-0.2, -0.15) is 5.10 Å². The summed E-state index contributed by atoms with van der Waals surface area (Å²) in [7, 11) is 1.94. The van der Waals surface area contributed by atoms with Crippen molar-refractivity contribution >= 4 is 16.7 Å². The van der Waals surface area contributed by atoms with Gasteiger partial charge in [-0.3, -0.25) is 0 Å². The van der Waals surface area contributed by atoms with Crippen molar-refractivity contribution in [1.82, 2.24) is 14.8 Å². The number of ether oxygens (including phenoxy) is 2. The first-order valence-corrected chi connectivity index (χ1v) is 9.46. The summed E-state index contributed by atoms with van der Waals surface area (Å²) in [6, 6.07) is 6.02. The average molecular weight is 386 g/mol. The van der Waals surface area contributed by atoms with Crippen LogP contribution in [0.4, 0.5) is 14.6 Å². The standard InChI is InChI=1S/C20H20F2N4O2/c1-25-7-9-27-17-6-5-15(23-20(17)25)19-12-10-13(21)14(22)11-16(12)26(24-19)18-4-2-3-8-28-18/h5-6,10-11,18H,2-4,7-9H2,1H3. The Hall–Kier alpha value is -2.74. The molecule has 5 rings (SSSR count). The van der Waals surface area contributed by atoms with Crippen molar-refractivity contribution in [2.45, 2.75) is 25.5 Å². The van der Waals surface area contributed by atoms with Crippen LogP contribution < -0.4 is 9.64 Å². The number of nitrogens with zero attached hydrogens (tertiary/aromatic N) is 4. The van der Waals surface area contributed by atoms with Gasteiger partial charge in [-0.1, -0.05) is 0 Å². The van der Waals surface area contributed by atoms with Crippen molar-refractivity contribution < 1.29 is 18.3 Å². The number of aromatic nitrogens is 3. The second-order valence-electron chi connectivity index (χ2n) is 7.19. The third kappa shape index (κ3) is 2.79. The van der Waals surface area contributed by atoms with E-state index in [-0.39, 0.29) is 6.23 Å². The van der Waals surface area contributed by atoms with Crippen LogP contribution in [0.2, 0.25) is 0 Å². The minimum Gasteiger partial charge on any atom is -0.488 e. The molecule has 146 valence electrons. The lowest BCUT2D eigenvalue weighted by Crippen LogP contribution is -2.29. The summed E-state index contributed by atoms with van der Waals surface area (Å²) in [4.78, 5) is 6.70. The second-order valence-corrected chi connectivity index (χ2v) is 7.19. The number of hydrogen-bond acceptors (Lipinski definition) is 5. The molecule has 4 heterocycles. The highest BCUT2D eigenvalue weighted by molar-refractivity contribution is 5.93. The Bertz CT molecular complexity index is 1050. The molecule has 0 N–H and O–H groups in total. The second kappa shape index (κ2) is 6.70. The zero-order valence-electron chi connectivity index (χ0n) is 15.5. The van der Waals surface area contributed by atoms with Crippen LogP contribution in [-0.2, 0) is 4.74 Å². The van der Waals surface area contributed by atoms with Gasteiger partial charge in [0.15, 0.2) is 29.4 Å². The Balaban J connectivity index is 1.69. The zero-order chi connectivity index (χ0) is 19.3. The quantitative estimate of drug-likeness (QED) is 0.669. The van der Waals surface area contributed by atoms with Gasteiger partial charge in [0.2, 0.25) is 0 Å². The normalized spacial score (nSPS) is 19.5. The van der Waals surface area contributed by atoms with Gasteiger partial charge in [0.25, 0.3) is 0 Å². The lowest BCUT2D eigenvalue weighted by molar-refractivity contribution is -0.0365. The first kappa shape index (κ1) is 17.4. The fraction of sp³-hybridized carbons (Fsp3) is 0.400. The summed E-state index contributed by atoms with van der Waals surface area (Å²) in [5.74, 6) is -0.393. The van der Waals surface area contributed by atoms with Gasteiger partial charge in [0.1, 0.15) is 12.3 Å². The van der Waals surface area contributed by atoms with Crippen LogP contribution in [0, 0.1) is 11.6 Å².